The van der Waals surface area contributed by atoms with Crippen LogP contribution in [-0.4, -0.2) is 73.4 Å². The first-order valence-corrected chi connectivity index (χ1v) is 16.5. The van der Waals surface area contributed by atoms with E-state index in [-0.39, 0.29) is 37.1 Å². The summed E-state index contributed by atoms with van der Waals surface area (Å²) in [6.07, 6.45) is 7.52. The van der Waals surface area contributed by atoms with Gasteiger partial charge in [-0.05, 0) is 74.4 Å². The number of nitrogens with zero attached hydrogens (tertiary/aromatic N) is 6. The van der Waals surface area contributed by atoms with Crippen LogP contribution in [-0.2, 0) is 19.1 Å². The SMILES string of the molecule is CC(C)(C)OC(=O)N[C@H]1CCCCC/C=C\[C@@H]2C[C@@]2(C(=O)O)NC(=O)[C@@H]2C[C@@H](n3ncc(N=[N+]=[N-])c(-c4ccsc4)c3=O)CN2C1=O. The molecule has 47 heavy (non-hydrogen) atoms. The maximum Gasteiger partial charge on any atom is 0.408 e. The summed E-state index contributed by atoms with van der Waals surface area (Å²) >= 11 is 1.35. The van der Waals surface area contributed by atoms with Crippen molar-refractivity contribution in [3.8, 4) is 11.1 Å². The van der Waals surface area contributed by atoms with Crippen molar-refractivity contribution in [2.24, 2.45) is 11.0 Å². The van der Waals surface area contributed by atoms with Crippen molar-refractivity contribution < 1.29 is 29.0 Å². The van der Waals surface area contributed by atoms with E-state index in [9.17, 15) is 29.1 Å². The number of hydrogen-bond donors (Lipinski definition) is 3. The standard InChI is InChI=1S/C31H38N8O7S/c1-30(2,3)46-29(45)34-21-10-8-6-4-5-7-9-19-14-31(19,28(43)44)35-25(40)23-13-20(16-38(23)26(21)41)39-27(42)24(18-11-12-47-17-18)22(15-33-39)36-37-32/h7,9,11-12,15,17,19-21,23H,4-6,8,10,13-14,16H2,1-3H3,(H,34,45)(H,35,40)(H,43,44)/b9-7-/t19-,20-,21+,23+,31-/m1/s1. The van der Waals surface area contributed by atoms with Crippen molar-refractivity contribution in [3.05, 3.63) is 56.0 Å². The summed E-state index contributed by atoms with van der Waals surface area (Å²) in [4.78, 5) is 71.4. The number of ether oxygens (including phenoxy) is 1. The van der Waals surface area contributed by atoms with Crippen LogP contribution in [0.4, 0.5) is 10.5 Å². The van der Waals surface area contributed by atoms with Gasteiger partial charge in [-0.3, -0.25) is 14.4 Å². The van der Waals surface area contributed by atoms with E-state index in [1.54, 1.807) is 37.6 Å². The summed E-state index contributed by atoms with van der Waals surface area (Å²) in [5.74, 6) is -2.81. The highest BCUT2D eigenvalue weighted by atomic mass is 32.1. The van der Waals surface area contributed by atoms with Gasteiger partial charge < -0.3 is 25.4 Å². The summed E-state index contributed by atoms with van der Waals surface area (Å²) in [5, 5.41) is 26.9. The molecule has 3 amide bonds. The van der Waals surface area contributed by atoms with Crippen molar-refractivity contribution in [1.29, 1.82) is 0 Å². The molecule has 2 fully saturated rings. The number of amides is 3. The molecule has 2 aromatic rings. The molecule has 15 nitrogen and oxygen atoms in total. The normalized spacial score (nSPS) is 27.2. The van der Waals surface area contributed by atoms with E-state index in [2.05, 4.69) is 25.8 Å². The molecule has 4 heterocycles. The Labute approximate surface area is 274 Å². The fourth-order valence-electron chi connectivity index (χ4n) is 6.23. The van der Waals surface area contributed by atoms with Gasteiger partial charge in [-0.1, -0.05) is 30.1 Å². The molecule has 2 aliphatic heterocycles. The van der Waals surface area contributed by atoms with Crippen LogP contribution in [0.2, 0.25) is 0 Å². The van der Waals surface area contributed by atoms with E-state index in [1.807, 2.05) is 12.2 Å². The molecule has 250 valence electrons. The van der Waals surface area contributed by atoms with Gasteiger partial charge in [0.1, 0.15) is 23.2 Å². The second kappa shape index (κ2) is 13.6. The van der Waals surface area contributed by atoms with E-state index in [0.29, 0.717) is 18.4 Å². The van der Waals surface area contributed by atoms with E-state index in [1.165, 1.54) is 27.1 Å². The minimum Gasteiger partial charge on any atom is -0.479 e. The van der Waals surface area contributed by atoms with Crippen LogP contribution in [0, 0.1) is 5.92 Å². The van der Waals surface area contributed by atoms with Gasteiger partial charge in [0.05, 0.1) is 23.5 Å². The first kappa shape index (κ1) is 33.7. The van der Waals surface area contributed by atoms with Gasteiger partial charge in [0, 0.05) is 23.8 Å². The van der Waals surface area contributed by atoms with Crippen LogP contribution < -0.4 is 16.2 Å². The zero-order chi connectivity index (χ0) is 33.9. The maximum absolute atomic E-state index is 14.3. The van der Waals surface area contributed by atoms with Crippen LogP contribution >= 0.6 is 11.3 Å². The van der Waals surface area contributed by atoms with Gasteiger partial charge in [0.25, 0.3) is 5.56 Å². The quantitative estimate of drug-likeness (QED) is 0.179. The third-order valence-electron chi connectivity index (χ3n) is 8.62. The average Bonchev–Trinajstić information content (AvgIpc) is 3.32. The van der Waals surface area contributed by atoms with E-state index in [0.717, 1.165) is 12.8 Å². The molecule has 2 aromatic heterocycles. The fourth-order valence-corrected chi connectivity index (χ4v) is 6.87. The second-order valence-corrected chi connectivity index (χ2v) is 13.9. The summed E-state index contributed by atoms with van der Waals surface area (Å²) in [6, 6.07) is -1.30. The highest BCUT2D eigenvalue weighted by Crippen LogP contribution is 2.45. The molecule has 0 spiro atoms. The lowest BCUT2D eigenvalue weighted by Crippen LogP contribution is -2.56. The first-order chi connectivity index (χ1) is 22.3. The number of carbonyl (C=O) groups excluding carboxylic acids is 3. The Bertz CT molecular complexity index is 1680. The Morgan fingerprint density at radius 2 is 2.04 bits per heavy atom. The van der Waals surface area contributed by atoms with Gasteiger partial charge >= 0.3 is 12.1 Å². The van der Waals surface area contributed by atoms with Crippen LogP contribution in [0.3, 0.4) is 0 Å². The Hall–Kier alpha value is -4.69. The average molecular weight is 667 g/mol. The number of carbonyl (C=O) groups is 4. The molecule has 3 N–H and O–H groups in total. The Morgan fingerprint density at radius 3 is 2.72 bits per heavy atom. The van der Waals surface area contributed by atoms with E-state index in [4.69, 9.17) is 10.3 Å². The van der Waals surface area contributed by atoms with Crippen LogP contribution in [0.25, 0.3) is 21.6 Å². The molecule has 0 aromatic carbocycles. The maximum atomic E-state index is 14.3. The minimum atomic E-state index is -1.51. The number of aliphatic carboxylic acids is 1. The summed E-state index contributed by atoms with van der Waals surface area (Å²) in [6.45, 7) is 4.99. The number of hydrogen-bond acceptors (Lipinski definition) is 9. The Balaban J connectivity index is 1.53. The third-order valence-corrected chi connectivity index (χ3v) is 9.30. The molecular weight excluding hydrogens is 628 g/mol. The number of rotatable bonds is 5. The molecule has 0 bridgehead atoms. The van der Waals surface area contributed by atoms with Gasteiger partial charge in [0.15, 0.2) is 0 Å². The molecule has 1 saturated carbocycles. The molecule has 3 aliphatic rings. The lowest BCUT2D eigenvalue weighted by Gasteiger charge is -2.30. The molecule has 5 rings (SSSR count). The molecule has 16 heteroatoms. The number of nitrogens with one attached hydrogen (secondary N) is 2. The van der Waals surface area contributed by atoms with Crippen LogP contribution in [0.15, 0.2) is 45.1 Å². The van der Waals surface area contributed by atoms with Gasteiger partial charge in [-0.15, -0.1) is 0 Å². The topological polar surface area (TPSA) is 209 Å². The van der Waals surface area contributed by atoms with E-state index < -0.39 is 64.6 Å². The summed E-state index contributed by atoms with van der Waals surface area (Å²) < 4.78 is 6.60. The molecule has 0 radical (unpaired) electrons. The number of thiophene rings is 1. The number of carboxylic acids is 1. The second-order valence-electron chi connectivity index (χ2n) is 13.1. The van der Waals surface area contributed by atoms with Crippen molar-refractivity contribution in [2.45, 2.75) is 95.0 Å². The lowest BCUT2D eigenvalue weighted by molar-refractivity contribution is -0.145. The number of azide groups is 1. The zero-order valence-corrected chi connectivity index (χ0v) is 27.2. The third kappa shape index (κ3) is 7.33. The van der Waals surface area contributed by atoms with Gasteiger partial charge in [0.2, 0.25) is 11.8 Å². The van der Waals surface area contributed by atoms with Crippen LogP contribution in [0.5, 0.6) is 0 Å². The number of aromatic nitrogens is 2. The van der Waals surface area contributed by atoms with Gasteiger partial charge in [-0.25, -0.2) is 14.3 Å². The highest BCUT2D eigenvalue weighted by Gasteiger charge is 2.61. The zero-order valence-electron chi connectivity index (χ0n) is 26.4. The van der Waals surface area contributed by atoms with Crippen molar-refractivity contribution in [3.63, 3.8) is 0 Å². The highest BCUT2D eigenvalue weighted by molar-refractivity contribution is 7.08. The number of carboxylic acid groups (broad SMARTS) is 1. The number of allylic oxidation sites excluding steroid dienone is 1. The lowest BCUT2D eigenvalue weighted by atomic mass is 10.0. The van der Waals surface area contributed by atoms with Crippen molar-refractivity contribution in [1.82, 2.24) is 25.3 Å². The summed E-state index contributed by atoms with van der Waals surface area (Å²) in [5.41, 5.74) is 6.87. The molecular formula is C31H38N8O7S. The van der Waals surface area contributed by atoms with E-state index >= 15 is 0 Å². The van der Waals surface area contributed by atoms with Crippen molar-refractivity contribution >= 4 is 40.9 Å². The largest absolute Gasteiger partial charge is 0.479 e. The molecule has 1 aliphatic carbocycles. The fraction of sp³-hybridized carbons (Fsp3) is 0.548. The van der Waals surface area contributed by atoms with Crippen LogP contribution in [0.1, 0.15) is 71.8 Å². The summed E-state index contributed by atoms with van der Waals surface area (Å²) in [7, 11) is 0. The monoisotopic (exact) mass is 666 g/mol. The van der Waals surface area contributed by atoms with Crippen molar-refractivity contribution in [2.75, 3.05) is 6.54 Å². The molecule has 0 unspecified atom stereocenters. The molecule has 5 atom stereocenters. The number of fused-ring (bicyclic) bond motifs is 2. The molecule has 1 saturated heterocycles. The van der Waals surface area contributed by atoms with Gasteiger partial charge in [-0.2, -0.15) is 16.4 Å². The Kier molecular flexibility index (Phi) is 9.73. The minimum absolute atomic E-state index is 0.0340. The Morgan fingerprint density at radius 1 is 1.26 bits per heavy atom. The predicted molar refractivity (Wildman–Crippen MR) is 172 cm³/mol. The first-order valence-electron chi connectivity index (χ1n) is 15.6. The smallest absolute Gasteiger partial charge is 0.408 e. The predicted octanol–water partition coefficient (Wildman–Crippen LogP) is 4.43. The number of alkyl carbamates (subject to hydrolysis) is 1.